The van der Waals surface area contributed by atoms with Gasteiger partial charge in [-0.25, -0.2) is 0 Å². The third-order valence-electron chi connectivity index (χ3n) is 13.5. The Morgan fingerprint density at radius 3 is 0.821 bits per heavy atom. The molecule has 0 radical (unpaired) electrons. The third kappa shape index (κ3) is 54.7. The van der Waals surface area contributed by atoms with E-state index in [9.17, 15) is 14.4 Å². The topological polar surface area (TPSA) is 78.9 Å². The Bertz CT molecular complexity index is 1080. The van der Waals surface area contributed by atoms with Gasteiger partial charge in [-0.2, -0.15) is 0 Å². The lowest BCUT2D eigenvalue weighted by atomic mass is 10.0. The first kappa shape index (κ1) is 64.9. The summed E-state index contributed by atoms with van der Waals surface area (Å²) in [6.07, 6.45) is 66.5. The van der Waals surface area contributed by atoms with Crippen LogP contribution >= 0.6 is 0 Å². The molecule has 6 nitrogen and oxygen atoms in total. The van der Waals surface area contributed by atoms with Gasteiger partial charge in [0, 0.05) is 19.3 Å². The molecule has 0 aromatic heterocycles. The van der Waals surface area contributed by atoms with Crippen LogP contribution in [0.1, 0.15) is 329 Å². The van der Waals surface area contributed by atoms with Gasteiger partial charge in [0.1, 0.15) is 13.2 Å². The van der Waals surface area contributed by atoms with Crippen LogP contribution in [0.5, 0.6) is 0 Å². The van der Waals surface area contributed by atoms with Gasteiger partial charge in [-0.1, -0.05) is 283 Å². The fraction of sp³-hybridized carbons (Fsp3) is 0.885. The number of esters is 3. The van der Waals surface area contributed by atoms with E-state index in [2.05, 4.69) is 45.1 Å². The number of carbonyl (C=O) groups excluding carboxylic acids is 3. The zero-order chi connectivity index (χ0) is 48.6. The largest absolute Gasteiger partial charge is 0.462 e. The fourth-order valence-corrected chi connectivity index (χ4v) is 8.95. The van der Waals surface area contributed by atoms with Crippen LogP contribution in [0, 0.1) is 0 Å². The molecular weight excluding hydrogens is 829 g/mol. The number of hydrogen-bond donors (Lipinski definition) is 0. The van der Waals surface area contributed by atoms with Crippen molar-refractivity contribution in [2.75, 3.05) is 13.2 Å². The monoisotopic (exact) mass is 943 g/mol. The molecule has 1 atom stereocenters. The quantitative estimate of drug-likeness (QED) is 0.0262. The summed E-state index contributed by atoms with van der Waals surface area (Å²) in [6, 6.07) is 0. The second kappa shape index (κ2) is 56.5. The van der Waals surface area contributed by atoms with Crippen LogP contribution in [-0.2, 0) is 28.6 Å². The number of rotatable bonds is 55. The number of carbonyl (C=O) groups is 3. The molecule has 0 spiro atoms. The van der Waals surface area contributed by atoms with E-state index in [1.54, 1.807) is 0 Å². The minimum absolute atomic E-state index is 0.0671. The Labute approximate surface area is 417 Å². The van der Waals surface area contributed by atoms with E-state index in [-0.39, 0.29) is 31.1 Å². The first-order valence-electron chi connectivity index (χ1n) is 29.8. The van der Waals surface area contributed by atoms with E-state index in [1.807, 2.05) is 0 Å². The molecule has 0 bridgehead atoms. The SMILES string of the molecule is CCCCCCC/C=C\C/C=C\CCCCCCCCCCCCCCCC(=O)OCC(COC(=O)CCCCCCC)OC(=O)CCCCCCCCCCCCCCCCCCCCC. The lowest BCUT2D eigenvalue weighted by Gasteiger charge is -2.18. The van der Waals surface area contributed by atoms with Gasteiger partial charge in [0.15, 0.2) is 6.10 Å². The van der Waals surface area contributed by atoms with Crippen LogP contribution in [0.25, 0.3) is 0 Å². The van der Waals surface area contributed by atoms with Gasteiger partial charge in [0.25, 0.3) is 0 Å². The van der Waals surface area contributed by atoms with Crippen LogP contribution in [0.3, 0.4) is 0 Å². The molecule has 1 unspecified atom stereocenters. The Kier molecular flexibility index (Phi) is 54.7. The van der Waals surface area contributed by atoms with E-state index < -0.39 is 6.10 Å². The summed E-state index contributed by atoms with van der Waals surface area (Å²) in [5.74, 6) is -0.861. The molecule has 0 saturated carbocycles. The number of allylic oxidation sites excluding steroid dienone is 4. The zero-order valence-corrected chi connectivity index (χ0v) is 45.2. The van der Waals surface area contributed by atoms with Crippen molar-refractivity contribution < 1.29 is 28.6 Å². The standard InChI is InChI=1S/C61H114O6/c1-4-7-10-13-15-17-19-21-23-25-27-28-29-30-31-32-34-35-37-39-41-43-45-48-51-54-60(63)66-57-58(56-65-59(62)53-50-47-12-9-6-3)67-61(64)55-52-49-46-44-42-40-38-36-33-26-24-22-20-18-16-14-11-8-5-2/h19,21,25,27,58H,4-18,20,22-24,26,28-57H2,1-3H3/b21-19-,27-25-. The van der Waals surface area contributed by atoms with Gasteiger partial charge >= 0.3 is 17.9 Å². The van der Waals surface area contributed by atoms with Crippen molar-refractivity contribution in [3.8, 4) is 0 Å². The molecule has 0 aliphatic carbocycles. The molecule has 0 aromatic rings. The summed E-state index contributed by atoms with van der Waals surface area (Å²) in [7, 11) is 0. The highest BCUT2D eigenvalue weighted by molar-refractivity contribution is 5.71. The highest BCUT2D eigenvalue weighted by atomic mass is 16.6. The van der Waals surface area contributed by atoms with Crippen LogP contribution in [0.15, 0.2) is 24.3 Å². The van der Waals surface area contributed by atoms with Gasteiger partial charge < -0.3 is 14.2 Å². The minimum Gasteiger partial charge on any atom is -0.462 e. The Balaban J connectivity index is 4.02. The summed E-state index contributed by atoms with van der Waals surface area (Å²) in [4.78, 5) is 37.8. The number of hydrogen-bond acceptors (Lipinski definition) is 6. The van der Waals surface area contributed by atoms with E-state index in [4.69, 9.17) is 14.2 Å². The maximum absolute atomic E-state index is 12.8. The summed E-state index contributed by atoms with van der Waals surface area (Å²) >= 11 is 0. The van der Waals surface area contributed by atoms with Crippen molar-refractivity contribution in [1.82, 2.24) is 0 Å². The van der Waals surface area contributed by atoms with Crippen molar-refractivity contribution in [1.29, 1.82) is 0 Å². The van der Waals surface area contributed by atoms with Crippen LogP contribution in [0.4, 0.5) is 0 Å². The molecule has 0 aromatic carbocycles. The van der Waals surface area contributed by atoms with E-state index in [0.717, 1.165) is 70.6 Å². The summed E-state index contributed by atoms with van der Waals surface area (Å²) in [6.45, 7) is 6.60. The Morgan fingerprint density at radius 1 is 0.299 bits per heavy atom. The van der Waals surface area contributed by atoms with Crippen molar-refractivity contribution in [2.24, 2.45) is 0 Å². The van der Waals surface area contributed by atoms with E-state index in [1.165, 1.54) is 218 Å². The van der Waals surface area contributed by atoms with Gasteiger partial charge in [-0.15, -0.1) is 0 Å². The predicted octanol–water partition coefficient (Wildman–Crippen LogP) is 19.9. The Morgan fingerprint density at radius 2 is 0.537 bits per heavy atom. The van der Waals surface area contributed by atoms with Gasteiger partial charge in [-0.3, -0.25) is 14.4 Å². The molecule has 0 aliphatic heterocycles. The van der Waals surface area contributed by atoms with Crippen molar-refractivity contribution in [2.45, 2.75) is 335 Å². The lowest BCUT2D eigenvalue weighted by Crippen LogP contribution is -2.30. The predicted molar refractivity (Wildman–Crippen MR) is 289 cm³/mol. The van der Waals surface area contributed by atoms with Crippen molar-refractivity contribution >= 4 is 17.9 Å². The summed E-state index contributed by atoms with van der Waals surface area (Å²) < 4.78 is 16.8. The molecule has 0 aliphatic rings. The molecule has 394 valence electrons. The minimum atomic E-state index is -0.764. The van der Waals surface area contributed by atoms with Crippen LogP contribution in [-0.4, -0.2) is 37.2 Å². The molecule has 0 saturated heterocycles. The van der Waals surface area contributed by atoms with E-state index >= 15 is 0 Å². The second-order valence-corrected chi connectivity index (χ2v) is 20.3. The highest BCUT2D eigenvalue weighted by Gasteiger charge is 2.19. The maximum atomic E-state index is 12.8. The number of unbranched alkanes of at least 4 members (excludes halogenated alkanes) is 40. The first-order valence-corrected chi connectivity index (χ1v) is 29.8. The summed E-state index contributed by atoms with van der Waals surface area (Å²) in [5.41, 5.74) is 0. The fourth-order valence-electron chi connectivity index (χ4n) is 8.95. The van der Waals surface area contributed by atoms with Crippen LogP contribution in [0.2, 0.25) is 0 Å². The lowest BCUT2D eigenvalue weighted by molar-refractivity contribution is -0.167. The second-order valence-electron chi connectivity index (χ2n) is 20.3. The molecule has 0 amide bonds. The zero-order valence-electron chi connectivity index (χ0n) is 45.2. The highest BCUT2D eigenvalue weighted by Crippen LogP contribution is 2.17. The molecule has 0 N–H and O–H groups in total. The smallest absolute Gasteiger partial charge is 0.306 e. The third-order valence-corrected chi connectivity index (χ3v) is 13.5. The van der Waals surface area contributed by atoms with Crippen LogP contribution < -0.4 is 0 Å². The average Bonchev–Trinajstić information content (AvgIpc) is 3.33. The van der Waals surface area contributed by atoms with Crippen molar-refractivity contribution in [3.63, 3.8) is 0 Å². The normalized spacial score (nSPS) is 12.1. The van der Waals surface area contributed by atoms with Crippen molar-refractivity contribution in [3.05, 3.63) is 24.3 Å². The Hall–Kier alpha value is -2.11. The van der Waals surface area contributed by atoms with Gasteiger partial charge in [0.05, 0.1) is 0 Å². The van der Waals surface area contributed by atoms with Gasteiger partial charge in [0.2, 0.25) is 0 Å². The molecule has 0 rings (SSSR count). The average molecular weight is 944 g/mol. The molecular formula is C61H114O6. The summed E-state index contributed by atoms with van der Waals surface area (Å²) in [5, 5.41) is 0. The van der Waals surface area contributed by atoms with Gasteiger partial charge in [-0.05, 0) is 51.4 Å². The molecule has 0 heterocycles. The number of ether oxygens (including phenoxy) is 3. The molecule has 6 heteroatoms. The molecule has 0 fully saturated rings. The molecule has 67 heavy (non-hydrogen) atoms. The maximum Gasteiger partial charge on any atom is 0.306 e. The van der Waals surface area contributed by atoms with E-state index in [0.29, 0.717) is 19.3 Å². The first-order chi connectivity index (χ1) is 33.0.